The lowest BCUT2D eigenvalue weighted by atomic mass is 10.0. The van der Waals surface area contributed by atoms with E-state index in [0.29, 0.717) is 11.3 Å². The van der Waals surface area contributed by atoms with E-state index in [0.717, 1.165) is 6.42 Å². The largest absolute Gasteiger partial charge is 0.534 e. The lowest BCUT2D eigenvalue weighted by Gasteiger charge is -2.15. The molecule has 2 saturated heterocycles. The summed E-state index contributed by atoms with van der Waals surface area (Å²) in [5, 5.41) is 18.6. The molecule has 1 aromatic heterocycles. The third-order valence-corrected chi connectivity index (χ3v) is 3.20. The summed E-state index contributed by atoms with van der Waals surface area (Å²) in [5.74, 6) is -0.808. The Labute approximate surface area is 108 Å². The van der Waals surface area contributed by atoms with Gasteiger partial charge < -0.3 is 24.4 Å². The van der Waals surface area contributed by atoms with Gasteiger partial charge in [0.1, 0.15) is 6.10 Å². The second-order valence-corrected chi connectivity index (χ2v) is 4.37. The molecule has 0 spiro atoms. The van der Waals surface area contributed by atoms with E-state index in [4.69, 9.17) is 14.2 Å². The van der Waals surface area contributed by atoms with E-state index in [9.17, 15) is 15.0 Å². The van der Waals surface area contributed by atoms with E-state index >= 15 is 0 Å². The van der Waals surface area contributed by atoms with Crippen LogP contribution in [0, 0.1) is 5.92 Å². The van der Waals surface area contributed by atoms with E-state index in [2.05, 4.69) is 4.84 Å². The third kappa shape index (κ3) is 2.20. The molecule has 2 N–H and O–H groups in total. The van der Waals surface area contributed by atoms with Gasteiger partial charge in [0.05, 0.1) is 19.1 Å². The molecule has 0 aromatic carbocycles. The SMILES string of the molecule is O=C(O[C@H]1CO[C@H]2OCC[C@H]21)On1c(O)ccc1O. The van der Waals surface area contributed by atoms with E-state index in [1.165, 1.54) is 12.1 Å². The van der Waals surface area contributed by atoms with Crippen molar-refractivity contribution in [1.82, 2.24) is 4.73 Å². The molecule has 1 aromatic rings. The summed E-state index contributed by atoms with van der Waals surface area (Å²) in [6.07, 6.45) is -1.04. The molecule has 0 unspecified atom stereocenters. The number of ether oxygens (including phenoxy) is 3. The zero-order valence-corrected chi connectivity index (χ0v) is 9.89. The number of carbonyl (C=O) groups excluding carboxylic acids is 1. The molecule has 0 saturated carbocycles. The van der Waals surface area contributed by atoms with Gasteiger partial charge >= 0.3 is 6.16 Å². The number of nitrogens with zero attached hydrogens (tertiary/aromatic N) is 1. The topological polar surface area (TPSA) is 99.4 Å². The summed E-state index contributed by atoms with van der Waals surface area (Å²) < 4.78 is 16.3. The van der Waals surface area contributed by atoms with Gasteiger partial charge in [-0.05, 0) is 6.42 Å². The van der Waals surface area contributed by atoms with E-state index in [1.54, 1.807) is 0 Å². The monoisotopic (exact) mass is 271 g/mol. The molecule has 3 heterocycles. The van der Waals surface area contributed by atoms with Crippen molar-refractivity contribution in [2.24, 2.45) is 5.92 Å². The van der Waals surface area contributed by atoms with Crippen LogP contribution in [0.15, 0.2) is 12.1 Å². The summed E-state index contributed by atoms with van der Waals surface area (Å²) >= 11 is 0. The van der Waals surface area contributed by atoms with Crippen molar-refractivity contribution in [3.05, 3.63) is 12.1 Å². The first-order chi connectivity index (χ1) is 9.15. The molecule has 2 aliphatic heterocycles. The van der Waals surface area contributed by atoms with Gasteiger partial charge in [-0.2, -0.15) is 0 Å². The summed E-state index contributed by atoms with van der Waals surface area (Å²) in [5.41, 5.74) is 0. The van der Waals surface area contributed by atoms with E-state index < -0.39 is 24.0 Å². The minimum absolute atomic E-state index is 0.000550. The Kier molecular flexibility index (Phi) is 2.96. The molecule has 8 nitrogen and oxygen atoms in total. The zero-order chi connectivity index (χ0) is 13.4. The highest BCUT2D eigenvalue weighted by Gasteiger charge is 2.44. The van der Waals surface area contributed by atoms with Crippen LogP contribution >= 0.6 is 0 Å². The molecular formula is C11H13NO7. The smallest absolute Gasteiger partial charge is 0.492 e. The fraction of sp³-hybridized carbons (Fsp3) is 0.545. The molecule has 2 fully saturated rings. The normalized spacial score (nSPS) is 29.2. The predicted molar refractivity (Wildman–Crippen MR) is 58.4 cm³/mol. The van der Waals surface area contributed by atoms with Crippen molar-refractivity contribution < 1.29 is 34.1 Å². The molecule has 8 heteroatoms. The Hall–Kier alpha value is -1.93. The molecule has 104 valence electrons. The number of hydrogen-bond donors (Lipinski definition) is 2. The van der Waals surface area contributed by atoms with Gasteiger partial charge in [0.15, 0.2) is 6.29 Å². The second kappa shape index (κ2) is 4.63. The maximum Gasteiger partial charge on any atom is 0.534 e. The number of carbonyl (C=O) groups is 1. The van der Waals surface area contributed by atoms with E-state index in [-0.39, 0.29) is 18.8 Å². The molecule has 3 atom stereocenters. The molecule has 0 radical (unpaired) electrons. The summed E-state index contributed by atoms with van der Waals surface area (Å²) in [4.78, 5) is 16.3. The van der Waals surface area contributed by atoms with Crippen molar-refractivity contribution in [3.8, 4) is 11.8 Å². The van der Waals surface area contributed by atoms with Crippen LogP contribution in [0.25, 0.3) is 0 Å². The number of aromatic hydroxyl groups is 2. The third-order valence-electron chi connectivity index (χ3n) is 3.20. The number of rotatable bonds is 2. The van der Waals surface area contributed by atoms with Crippen LogP contribution in [0.4, 0.5) is 4.79 Å². The molecule has 0 aliphatic carbocycles. The van der Waals surface area contributed by atoms with Crippen LogP contribution in [0.1, 0.15) is 6.42 Å². The minimum atomic E-state index is -1.03. The second-order valence-electron chi connectivity index (χ2n) is 4.37. The highest BCUT2D eigenvalue weighted by atomic mass is 16.8. The van der Waals surface area contributed by atoms with Crippen LogP contribution in [0.5, 0.6) is 11.8 Å². The van der Waals surface area contributed by atoms with Crippen molar-refractivity contribution in [2.45, 2.75) is 18.8 Å². The number of aromatic nitrogens is 1. The molecular weight excluding hydrogens is 258 g/mol. The van der Waals surface area contributed by atoms with Crippen molar-refractivity contribution in [3.63, 3.8) is 0 Å². The molecule has 2 aliphatic rings. The standard InChI is InChI=1S/C11H13NO7/c13-8-1-2-9(14)12(8)19-11(15)18-7-5-17-10-6(7)3-4-16-10/h1-2,6-7,10,13-14H,3-5H2/t6-,7-,10+/m0/s1. The summed E-state index contributed by atoms with van der Waals surface area (Å²) in [6.45, 7) is 0.817. The zero-order valence-electron chi connectivity index (χ0n) is 9.89. The Morgan fingerprint density at radius 3 is 2.79 bits per heavy atom. The van der Waals surface area contributed by atoms with Crippen LogP contribution in [-0.4, -0.2) is 46.7 Å². The highest BCUT2D eigenvalue weighted by molar-refractivity contribution is 5.61. The van der Waals surface area contributed by atoms with Crippen LogP contribution in [-0.2, 0) is 14.2 Å². The van der Waals surface area contributed by atoms with Gasteiger partial charge in [-0.15, -0.1) is 4.73 Å². The van der Waals surface area contributed by atoms with Gasteiger partial charge in [0.2, 0.25) is 11.8 Å². The Morgan fingerprint density at radius 1 is 1.32 bits per heavy atom. The average Bonchev–Trinajstić information content (AvgIpc) is 3.03. The molecule has 19 heavy (non-hydrogen) atoms. The van der Waals surface area contributed by atoms with Crippen molar-refractivity contribution in [1.29, 1.82) is 0 Å². The van der Waals surface area contributed by atoms with E-state index in [1.807, 2.05) is 0 Å². The first kappa shape index (κ1) is 12.1. The first-order valence-corrected chi connectivity index (χ1v) is 5.87. The Balaban J connectivity index is 1.60. The summed E-state index contributed by atoms with van der Waals surface area (Å²) in [6, 6.07) is 2.37. The Bertz CT molecular complexity index is 466. The average molecular weight is 271 g/mol. The van der Waals surface area contributed by atoms with Gasteiger partial charge in [0.25, 0.3) is 0 Å². The molecule has 0 bridgehead atoms. The van der Waals surface area contributed by atoms with Gasteiger partial charge in [-0.1, -0.05) is 0 Å². The van der Waals surface area contributed by atoms with Crippen LogP contribution in [0.2, 0.25) is 0 Å². The van der Waals surface area contributed by atoms with Crippen molar-refractivity contribution in [2.75, 3.05) is 13.2 Å². The van der Waals surface area contributed by atoms with Crippen LogP contribution in [0.3, 0.4) is 0 Å². The first-order valence-electron chi connectivity index (χ1n) is 5.87. The van der Waals surface area contributed by atoms with Gasteiger partial charge in [-0.25, -0.2) is 4.79 Å². The quantitative estimate of drug-likeness (QED) is 0.742. The minimum Gasteiger partial charge on any atom is -0.492 e. The highest BCUT2D eigenvalue weighted by Crippen LogP contribution is 2.33. The van der Waals surface area contributed by atoms with Gasteiger partial charge in [0, 0.05) is 12.1 Å². The van der Waals surface area contributed by atoms with Crippen LogP contribution < -0.4 is 4.84 Å². The maximum atomic E-state index is 11.6. The fourth-order valence-corrected chi connectivity index (χ4v) is 2.26. The Morgan fingerprint density at radius 2 is 2.05 bits per heavy atom. The fourth-order valence-electron chi connectivity index (χ4n) is 2.26. The summed E-state index contributed by atoms with van der Waals surface area (Å²) in [7, 11) is 0. The molecule has 0 amide bonds. The number of fused-ring (bicyclic) bond motifs is 1. The molecule has 3 rings (SSSR count). The lowest BCUT2D eigenvalue weighted by Crippen LogP contribution is -2.30. The predicted octanol–water partition coefficient (Wildman–Crippen LogP) is 0.226. The van der Waals surface area contributed by atoms with Crippen molar-refractivity contribution >= 4 is 6.16 Å². The van der Waals surface area contributed by atoms with Gasteiger partial charge in [-0.3, -0.25) is 4.84 Å². The maximum absolute atomic E-state index is 11.6. The number of hydrogen-bond acceptors (Lipinski definition) is 7. The lowest BCUT2D eigenvalue weighted by molar-refractivity contribution is -0.0908.